The third-order valence-corrected chi connectivity index (χ3v) is 5.16. The summed E-state index contributed by atoms with van der Waals surface area (Å²) in [5, 5.41) is 0. The Morgan fingerprint density at radius 3 is 2.41 bits per heavy atom. The number of hydrogen-bond donors (Lipinski definition) is 1. The van der Waals surface area contributed by atoms with Crippen LogP contribution in [0.15, 0.2) is 30.3 Å². The van der Waals surface area contributed by atoms with Crippen molar-refractivity contribution < 1.29 is 9.59 Å². The predicted molar refractivity (Wildman–Crippen MR) is 85.0 cm³/mol. The van der Waals surface area contributed by atoms with Crippen LogP contribution in [0.3, 0.4) is 0 Å². The summed E-state index contributed by atoms with van der Waals surface area (Å²) in [5.74, 6) is 0.0560. The minimum atomic E-state index is -0.364. The van der Waals surface area contributed by atoms with Crippen LogP contribution in [0.4, 0.5) is 0 Å². The van der Waals surface area contributed by atoms with Crippen molar-refractivity contribution in [3.63, 3.8) is 0 Å². The Kier molecular flexibility index (Phi) is 4.46. The average Bonchev–Trinajstić information content (AvgIpc) is 2.55. The molecule has 1 aromatic carbocycles. The summed E-state index contributed by atoms with van der Waals surface area (Å²) < 4.78 is 0. The highest BCUT2D eigenvalue weighted by Crippen LogP contribution is 2.39. The first-order valence-electron chi connectivity index (χ1n) is 8.31. The average molecular weight is 300 g/mol. The van der Waals surface area contributed by atoms with Gasteiger partial charge in [-0.3, -0.25) is 9.59 Å². The highest BCUT2D eigenvalue weighted by Gasteiger charge is 2.46. The second kappa shape index (κ2) is 6.51. The van der Waals surface area contributed by atoms with E-state index in [1.165, 1.54) is 5.56 Å². The predicted octanol–water partition coefficient (Wildman–Crippen LogP) is 2.26. The lowest BCUT2D eigenvalue weighted by Crippen LogP contribution is -2.62. The van der Waals surface area contributed by atoms with Gasteiger partial charge in [-0.2, -0.15) is 0 Å². The minimum Gasteiger partial charge on any atom is -0.368 e. The van der Waals surface area contributed by atoms with Gasteiger partial charge in [0.05, 0.1) is 0 Å². The van der Waals surface area contributed by atoms with Gasteiger partial charge in [-0.25, -0.2) is 0 Å². The third kappa shape index (κ3) is 3.01. The van der Waals surface area contributed by atoms with Crippen LogP contribution in [-0.4, -0.2) is 28.8 Å². The molecular weight excluding hydrogens is 276 g/mol. The monoisotopic (exact) mass is 300 g/mol. The molecule has 2 heterocycles. The number of carbonyl (C=O) groups is 2. The summed E-state index contributed by atoms with van der Waals surface area (Å²) in [5.41, 5.74) is 6.82. The molecule has 2 aliphatic heterocycles. The molecule has 1 saturated carbocycles. The van der Waals surface area contributed by atoms with Crippen molar-refractivity contribution in [1.29, 1.82) is 0 Å². The molecule has 1 aliphatic carbocycles. The molecule has 2 bridgehead atoms. The zero-order valence-corrected chi connectivity index (χ0v) is 12.9. The first-order valence-corrected chi connectivity index (χ1v) is 8.31. The van der Waals surface area contributed by atoms with Crippen molar-refractivity contribution in [1.82, 2.24) is 4.90 Å². The number of fused-ring (bicyclic) bond motifs is 3. The highest BCUT2D eigenvalue weighted by atomic mass is 16.2. The lowest BCUT2D eigenvalue weighted by atomic mass is 9.74. The van der Waals surface area contributed by atoms with Gasteiger partial charge in [-0.15, -0.1) is 0 Å². The number of nitrogens with two attached hydrogens (primary N) is 1. The van der Waals surface area contributed by atoms with E-state index in [0.29, 0.717) is 6.42 Å². The Bertz CT molecular complexity index is 535. The van der Waals surface area contributed by atoms with Crippen LogP contribution in [0.1, 0.15) is 44.1 Å². The molecule has 0 spiro atoms. The number of benzene rings is 1. The van der Waals surface area contributed by atoms with Crippen molar-refractivity contribution >= 4 is 11.8 Å². The van der Waals surface area contributed by atoms with Crippen LogP contribution in [0.2, 0.25) is 0 Å². The van der Waals surface area contributed by atoms with E-state index >= 15 is 0 Å². The Labute approximate surface area is 131 Å². The number of rotatable bonds is 5. The summed E-state index contributed by atoms with van der Waals surface area (Å²) in [6.07, 6.45) is 6.34. The van der Waals surface area contributed by atoms with Crippen molar-refractivity contribution in [2.45, 2.75) is 57.0 Å². The topological polar surface area (TPSA) is 63.4 Å². The van der Waals surface area contributed by atoms with E-state index in [-0.39, 0.29) is 29.8 Å². The first kappa shape index (κ1) is 15.1. The van der Waals surface area contributed by atoms with Gasteiger partial charge in [0.15, 0.2) is 0 Å². The fourth-order valence-corrected chi connectivity index (χ4v) is 4.10. The second-order valence-electron chi connectivity index (χ2n) is 6.56. The molecule has 3 fully saturated rings. The number of aryl methyl sites for hydroxylation is 1. The summed E-state index contributed by atoms with van der Waals surface area (Å²) in [6, 6.07) is 10.1. The van der Waals surface area contributed by atoms with Gasteiger partial charge in [-0.05, 0) is 50.0 Å². The minimum absolute atomic E-state index is 0.106. The lowest BCUT2D eigenvalue weighted by Gasteiger charge is -2.50. The van der Waals surface area contributed by atoms with E-state index in [0.717, 1.165) is 38.5 Å². The molecule has 3 aliphatic rings. The van der Waals surface area contributed by atoms with Crippen molar-refractivity contribution in [2.24, 2.45) is 11.7 Å². The van der Waals surface area contributed by atoms with Gasteiger partial charge in [0.2, 0.25) is 11.8 Å². The van der Waals surface area contributed by atoms with Gasteiger partial charge >= 0.3 is 0 Å². The lowest BCUT2D eigenvalue weighted by molar-refractivity contribution is -0.152. The Hall–Kier alpha value is -1.84. The zero-order valence-electron chi connectivity index (χ0n) is 12.9. The fourth-order valence-electron chi connectivity index (χ4n) is 4.10. The summed E-state index contributed by atoms with van der Waals surface area (Å²) in [7, 11) is 0. The van der Waals surface area contributed by atoms with Crippen molar-refractivity contribution in [3.05, 3.63) is 35.9 Å². The van der Waals surface area contributed by atoms with Crippen LogP contribution in [-0.2, 0) is 16.0 Å². The summed E-state index contributed by atoms with van der Waals surface area (Å²) in [4.78, 5) is 26.2. The summed E-state index contributed by atoms with van der Waals surface area (Å²) >= 11 is 0. The Balaban J connectivity index is 1.59. The maximum Gasteiger partial charge on any atom is 0.240 e. The normalized spacial score (nSPS) is 26.9. The highest BCUT2D eigenvalue weighted by molar-refractivity contribution is 5.87. The molecule has 1 aromatic rings. The van der Waals surface area contributed by atoms with E-state index in [1.54, 1.807) is 0 Å². The SMILES string of the molecule is NC(=O)[C@@H]1C2CCC(CC2)N1C(=O)CCCc1ccccc1. The van der Waals surface area contributed by atoms with Crippen LogP contribution in [0.25, 0.3) is 0 Å². The number of primary amides is 1. The molecule has 118 valence electrons. The standard InChI is InChI=1S/C18H24N2O2/c19-18(22)17-14-9-11-15(12-10-14)20(17)16(21)8-4-7-13-5-2-1-3-6-13/h1-3,5-6,14-15,17H,4,7-12H2,(H2,19,22)/t14?,15?,17-/m0/s1. The van der Waals surface area contributed by atoms with Gasteiger partial charge in [0.1, 0.15) is 6.04 Å². The molecular formula is C18H24N2O2. The maximum absolute atomic E-state index is 12.6. The molecule has 22 heavy (non-hydrogen) atoms. The van der Waals surface area contributed by atoms with Crippen LogP contribution in [0, 0.1) is 5.92 Å². The smallest absolute Gasteiger partial charge is 0.240 e. The van der Waals surface area contributed by atoms with Crippen molar-refractivity contribution in [2.75, 3.05) is 0 Å². The Morgan fingerprint density at radius 1 is 1.09 bits per heavy atom. The van der Waals surface area contributed by atoms with E-state index < -0.39 is 0 Å². The molecule has 0 radical (unpaired) electrons. The number of piperidine rings is 2. The number of hydrogen-bond acceptors (Lipinski definition) is 2. The molecule has 0 unspecified atom stereocenters. The molecule has 2 N–H and O–H groups in total. The van der Waals surface area contributed by atoms with Crippen LogP contribution < -0.4 is 5.73 Å². The Morgan fingerprint density at radius 2 is 1.77 bits per heavy atom. The van der Waals surface area contributed by atoms with Crippen molar-refractivity contribution in [3.8, 4) is 0 Å². The van der Waals surface area contributed by atoms with Gasteiger partial charge in [-0.1, -0.05) is 30.3 Å². The molecule has 0 aromatic heterocycles. The van der Waals surface area contributed by atoms with Gasteiger partial charge < -0.3 is 10.6 Å². The van der Waals surface area contributed by atoms with Crippen LogP contribution >= 0.6 is 0 Å². The van der Waals surface area contributed by atoms with E-state index in [9.17, 15) is 9.59 Å². The third-order valence-electron chi connectivity index (χ3n) is 5.16. The molecule has 4 heteroatoms. The second-order valence-corrected chi connectivity index (χ2v) is 6.56. The molecule has 1 atom stereocenters. The fraction of sp³-hybridized carbons (Fsp3) is 0.556. The van der Waals surface area contributed by atoms with Gasteiger partial charge in [0, 0.05) is 12.5 Å². The molecule has 4 nitrogen and oxygen atoms in total. The number of nitrogens with zero attached hydrogens (tertiary/aromatic N) is 1. The van der Waals surface area contributed by atoms with E-state index in [2.05, 4.69) is 12.1 Å². The van der Waals surface area contributed by atoms with Gasteiger partial charge in [0.25, 0.3) is 0 Å². The molecule has 2 amide bonds. The summed E-state index contributed by atoms with van der Waals surface area (Å²) in [6.45, 7) is 0. The molecule has 4 rings (SSSR count). The number of amides is 2. The first-order chi connectivity index (χ1) is 10.7. The number of carbonyl (C=O) groups excluding carboxylic acids is 2. The van der Waals surface area contributed by atoms with E-state index in [4.69, 9.17) is 5.73 Å². The quantitative estimate of drug-likeness (QED) is 0.906. The maximum atomic E-state index is 12.6. The van der Waals surface area contributed by atoms with Crippen LogP contribution in [0.5, 0.6) is 0 Å². The zero-order chi connectivity index (χ0) is 15.5. The molecule has 2 saturated heterocycles. The van der Waals surface area contributed by atoms with E-state index in [1.807, 2.05) is 23.1 Å². The largest absolute Gasteiger partial charge is 0.368 e.